The molecule has 0 N–H and O–H groups in total. The second kappa shape index (κ2) is 12.7. The van der Waals surface area contributed by atoms with Crippen molar-refractivity contribution in [1.82, 2.24) is 14.1 Å². The smallest absolute Gasteiger partial charge is 0.138 e. The van der Waals surface area contributed by atoms with Gasteiger partial charge in [-0.05, 0) is 109 Å². The van der Waals surface area contributed by atoms with Gasteiger partial charge in [0.15, 0.2) is 0 Å². The van der Waals surface area contributed by atoms with Gasteiger partial charge < -0.3 is 4.57 Å². The minimum atomic E-state index is 0.904. The van der Waals surface area contributed by atoms with E-state index in [1.54, 1.807) is 0 Å². The number of hydrogen-bond acceptors (Lipinski definition) is 1. The number of hydrogen-bond donors (Lipinski definition) is 0. The quantitative estimate of drug-likeness (QED) is 0.164. The van der Waals surface area contributed by atoms with Gasteiger partial charge in [-0.25, -0.2) is 4.98 Å². The van der Waals surface area contributed by atoms with Crippen molar-refractivity contribution in [3.63, 3.8) is 0 Å². The van der Waals surface area contributed by atoms with Gasteiger partial charge in [-0.3, -0.25) is 4.57 Å². The summed E-state index contributed by atoms with van der Waals surface area (Å²) >= 11 is 0. The van der Waals surface area contributed by atoms with Crippen LogP contribution in [0.5, 0.6) is 0 Å². The van der Waals surface area contributed by atoms with Crippen molar-refractivity contribution in [2.75, 3.05) is 0 Å². The maximum atomic E-state index is 5.59. The molecule has 0 radical (unpaired) electrons. The van der Waals surface area contributed by atoms with Gasteiger partial charge in [0, 0.05) is 38.2 Å². The molecule has 0 saturated heterocycles. The molecule has 13 rings (SSSR count). The lowest BCUT2D eigenvalue weighted by Crippen LogP contribution is -2.00. The highest BCUT2D eigenvalue weighted by atomic mass is 15.1. The first-order valence-electron chi connectivity index (χ1n) is 20.6. The molecule has 13 aromatic rings. The molecule has 3 heteroatoms. The lowest BCUT2D eigenvalue weighted by molar-refractivity contribution is 1.09. The third kappa shape index (κ3) is 4.81. The van der Waals surface area contributed by atoms with Crippen molar-refractivity contribution in [3.05, 3.63) is 212 Å². The van der Waals surface area contributed by atoms with Crippen molar-refractivity contribution in [1.29, 1.82) is 0 Å². The van der Waals surface area contributed by atoms with E-state index < -0.39 is 0 Å². The lowest BCUT2D eigenvalue weighted by atomic mass is 9.92. The Labute approximate surface area is 345 Å². The van der Waals surface area contributed by atoms with E-state index in [9.17, 15) is 0 Å². The summed E-state index contributed by atoms with van der Waals surface area (Å²) in [6, 6.07) is 77.3. The molecule has 3 aromatic heterocycles. The fourth-order valence-corrected chi connectivity index (χ4v) is 9.98. The third-order valence-corrected chi connectivity index (χ3v) is 12.7. The molecule has 278 valence electrons. The van der Waals surface area contributed by atoms with Crippen LogP contribution in [0.1, 0.15) is 0 Å². The summed E-state index contributed by atoms with van der Waals surface area (Å²) < 4.78 is 4.73. The normalized spacial score (nSPS) is 12.0. The Morgan fingerprint density at radius 1 is 0.267 bits per heavy atom. The van der Waals surface area contributed by atoms with E-state index in [0.717, 1.165) is 38.9 Å². The Bertz CT molecular complexity index is 3850. The van der Waals surface area contributed by atoms with Gasteiger partial charge in [0.05, 0.1) is 27.8 Å². The molecule has 0 bridgehead atoms. The highest BCUT2D eigenvalue weighted by molar-refractivity contribution is 6.26. The van der Waals surface area contributed by atoms with Gasteiger partial charge in [0.25, 0.3) is 0 Å². The van der Waals surface area contributed by atoms with Crippen molar-refractivity contribution < 1.29 is 0 Å². The fraction of sp³-hybridized carbons (Fsp3) is 0. The topological polar surface area (TPSA) is 22.8 Å². The summed E-state index contributed by atoms with van der Waals surface area (Å²) in [6.45, 7) is 0. The van der Waals surface area contributed by atoms with E-state index in [1.165, 1.54) is 81.7 Å². The Morgan fingerprint density at radius 2 is 0.700 bits per heavy atom. The molecular formula is C57H35N3. The first kappa shape index (κ1) is 33.0. The molecule has 3 heterocycles. The van der Waals surface area contributed by atoms with E-state index in [0.29, 0.717) is 0 Å². The van der Waals surface area contributed by atoms with Crippen LogP contribution in [0.15, 0.2) is 212 Å². The van der Waals surface area contributed by atoms with Crippen LogP contribution in [0.3, 0.4) is 0 Å². The van der Waals surface area contributed by atoms with E-state index >= 15 is 0 Å². The van der Waals surface area contributed by atoms with Crippen LogP contribution in [-0.2, 0) is 0 Å². The van der Waals surface area contributed by atoms with Crippen LogP contribution in [0.4, 0.5) is 0 Å². The van der Waals surface area contributed by atoms with E-state index in [2.05, 4.69) is 221 Å². The molecule has 0 spiro atoms. The molecule has 0 saturated carbocycles. The molecule has 0 fully saturated rings. The van der Waals surface area contributed by atoms with Crippen molar-refractivity contribution in [2.45, 2.75) is 0 Å². The lowest BCUT2D eigenvalue weighted by Gasteiger charge is -2.15. The van der Waals surface area contributed by atoms with Crippen molar-refractivity contribution >= 4 is 86.7 Å². The number of nitrogens with zero attached hydrogens (tertiary/aromatic N) is 3. The van der Waals surface area contributed by atoms with E-state index in [-0.39, 0.29) is 0 Å². The number of para-hydroxylation sites is 3. The van der Waals surface area contributed by atoms with E-state index in [1.807, 2.05) is 0 Å². The van der Waals surface area contributed by atoms with Crippen LogP contribution in [0, 0.1) is 0 Å². The molecule has 10 aromatic carbocycles. The average Bonchev–Trinajstić information content (AvgIpc) is 3.83. The van der Waals surface area contributed by atoms with Crippen LogP contribution < -0.4 is 0 Å². The van der Waals surface area contributed by atoms with E-state index in [4.69, 9.17) is 4.98 Å². The third-order valence-electron chi connectivity index (χ3n) is 12.7. The Balaban J connectivity index is 1.00. The van der Waals surface area contributed by atoms with Crippen molar-refractivity contribution in [2.24, 2.45) is 0 Å². The molecule has 0 atom stereocenters. The van der Waals surface area contributed by atoms with Crippen LogP contribution in [0.2, 0.25) is 0 Å². The molecule has 3 nitrogen and oxygen atoms in total. The summed E-state index contributed by atoms with van der Waals surface area (Å²) in [6.07, 6.45) is 0. The van der Waals surface area contributed by atoms with Gasteiger partial charge in [-0.1, -0.05) is 152 Å². The zero-order valence-corrected chi connectivity index (χ0v) is 32.5. The van der Waals surface area contributed by atoms with Gasteiger partial charge in [0.2, 0.25) is 0 Å². The molecule has 0 amide bonds. The zero-order valence-electron chi connectivity index (χ0n) is 32.5. The largest absolute Gasteiger partial charge is 0.309 e. The van der Waals surface area contributed by atoms with Gasteiger partial charge in [-0.15, -0.1) is 0 Å². The molecule has 0 aliphatic carbocycles. The fourth-order valence-electron chi connectivity index (χ4n) is 9.98. The van der Waals surface area contributed by atoms with Crippen LogP contribution in [-0.4, -0.2) is 14.1 Å². The number of fused-ring (bicyclic) bond motifs is 13. The maximum absolute atomic E-state index is 5.59. The predicted octanol–water partition coefficient (Wildman–Crippen LogP) is 15.2. The summed E-state index contributed by atoms with van der Waals surface area (Å²) in [5.74, 6) is 0.904. The number of benzene rings is 10. The second-order valence-electron chi connectivity index (χ2n) is 15.9. The predicted molar refractivity (Wildman–Crippen MR) is 254 cm³/mol. The number of pyridine rings is 1. The molecule has 0 aliphatic rings. The average molecular weight is 762 g/mol. The SMILES string of the molecule is c1ccc(-n2c3ccccc3c3cc(-c4ccc5c(c4)c4ccccc4n5-c4cc5ccccc5c(-c5ccc6c7ccccc7c7ccccc7c6c5)n4)ccc32)cc1. The highest BCUT2D eigenvalue weighted by Gasteiger charge is 2.19. The Morgan fingerprint density at radius 3 is 1.33 bits per heavy atom. The summed E-state index contributed by atoms with van der Waals surface area (Å²) in [7, 11) is 0. The maximum Gasteiger partial charge on any atom is 0.138 e. The van der Waals surface area contributed by atoms with Gasteiger partial charge in [0.1, 0.15) is 5.82 Å². The Kier molecular flexibility index (Phi) is 7.01. The summed E-state index contributed by atoms with van der Waals surface area (Å²) in [5.41, 5.74) is 10.3. The van der Waals surface area contributed by atoms with Crippen molar-refractivity contribution in [3.8, 4) is 33.9 Å². The summed E-state index contributed by atoms with van der Waals surface area (Å²) in [5, 5.41) is 14.8. The van der Waals surface area contributed by atoms with Crippen LogP contribution in [0.25, 0.3) is 121 Å². The van der Waals surface area contributed by atoms with Gasteiger partial charge >= 0.3 is 0 Å². The standard InChI is InChI=1S/C57H35N3/c1-2-15-40(16-3-1)59-52-24-12-10-22-47(52)50-32-36(27-30-54(50)59)37-28-31-55-51(33-37)48-23-11-13-25-53(48)60(55)56-35-38-14-4-5-17-41(38)57(58-56)39-26-29-46-44-20-7-6-18-42(44)43-19-8-9-21-45(43)49(46)34-39/h1-35H. The molecule has 0 aliphatic heterocycles. The number of rotatable bonds is 4. The van der Waals surface area contributed by atoms with Crippen LogP contribution >= 0.6 is 0 Å². The second-order valence-corrected chi connectivity index (χ2v) is 15.9. The minimum Gasteiger partial charge on any atom is -0.309 e. The monoisotopic (exact) mass is 761 g/mol. The van der Waals surface area contributed by atoms with Gasteiger partial charge in [-0.2, -0.15) is 0 Å². The molecule has 60 heavy (non-hydrogen) atoms. The minimum absolute atomic E-state index is 0.904. The molecule has 0 unspecified atom stereocenters. The highest BCUT2D eigenvalue weighted by Crippen LogP contribution is 2.41. The Hall–Kier alpha value is -8.01. The zero-order chi connectivity index (χ0) is 39.3. The first-order valence-corrected chi connectivity index (χ1v) is 20.6. The molecular weight excluding hydrogens is 727 g/mol. The summed E-state index contributed by atoms with van der Waals surface area (Å²) in [4.78, 5) is 5.59. The number of aromatic nitrogens is 3. The first-order chi connectivity index (χ1) is 29.8.